The van der Waals surface area contributed by atoms with Crippen molar-refractivity contribution in [2.45, 2.75) is 24.9 Å². The third kappa shape index (κ3) is 6.94. The summed E-state index contributed by atoms with van der Waals surface area (Å²) in [7, 11) is 0. The maximum absolute atomic E-state index is 13.4. The largest absolute Gasteiger partial charge is 0.394 e. The number of nitrogens with one attached hydrogen (secondary N) is 2. The van der Waals surface area contributed by atoms with Gasteiger partial charge in [0.1, 0.15) is 0 Å². The molecular formula is C32H32N2O4. The lowest BCUT2D eigenvalue weighted by molar-refractivity contribution is 0.0907. The number of rotatable bonds is 11. The highest BCUT2D eigenvalue weighted by molar-refractivity contribution is 6.06. The molecule has 2 amide bonds. The Morgan fingerprint density at radius 3 is 1.24 bits per heavy atom. The Hall–Kier alpha value is -4.26. The molecule has 4 aromatic carbocycles. The van der Waals surface area contributed by atoms with E-state index in [1.165, 1.54) is 0 Å². The van der Waals surface area contributed by atoms with E-state index in [1.54, 1.807) is 36.4 Å². The summed E-state index contributed by atoms with van der Waals surface area (Å²) in [5.74, 6) is -0.661. The number of carbonyl (C=O) groups excluding carboxylic acids is 2. The van der Waals surface area contributed by atoms with Gasteiger partial charge in [0, 0.05) is 11.1 Å². The zero-order valence-corrected chi connectivity index (χ0v) is 21.1. The van der Waals surface area contributed by atoms with Gasteiger partial charge in [0.2, 0.25) is 0 Å². The van der Waals surface area contributed by atoms with Crippen LogP contribution in [0.5, 0.6) is 0 Å². The average molecular weight is 509 g/mol. The van der Waals surface area contributed by atoms with Crippen LogP contribution in [0.3, 0.4) is 0 Å². The standard InChI is InChI=1S/C32H32N2O4/c35-21-25(19-23-11-3-1-4-12-23)33-31(37)29-17-9-7-15-27(29)28-16-8-10-18-30(28)32(38)34-26(22-36)20-24-13-5-2-6-14-24/h1-18,25-26,35-36H,19-22H2,(H,33,37)(H,34,38)/t25-,26-/m0/s1. The van der Waals surface area contributed by atoms with Gasteiger partial charge < -0.3 is 20.8 Å². The fraction of sp³-hybridized carbons (Fsp3) is 0.188. The quantitative estimate of drug-likeness (QED) is 0.246. The maximum Gasteiger partial charge on any atom is 0.252 e. The second-order valence-corrected chi connectivity index (χ2v) is 9.18. The van der Waals surface area contributed by atoms with Gasteiger partial charge in [-0.15, -0.1) is 0 Å². The fourth-order valence-electron chi connectivity index (χ4n) is 4.48. The maximum atomic E-state index is 13.4. The van der Waals surface area contributed by atoms with Crippen molar-refractivity contribution in [3.8, 4) is 11.1 Å². The van der Waals surface area contributed by atoms with Crippen molar-refractivity contribution in [1.82, 2.24) is 10.6 Å². The van der Waals surface area contributed by atoms with Gasteiger partial charge in [-0.1, -0.05) is 97.1 Å². The minimum absolute atomic E-state index is 0.203. The Labute approximate surface area is 223 Å². The molecule has 2 atom stereocenters. The molecule has 0 radical (unpaired) electrons. The molecule has 0 aliphatic carbocycles. The van der Waals surface area contributed by atoms with Crippen LogP contribution < -0.4 is 10.6 Å². The highest BCUT2D eigenvalue weighted by Crippen LogP contribution is 2.27. The van der Waals surface area contributed by atoms with E-state index in [-0.39, 0.29) is 25.0 Å². The third-order valence-electron chi connectivity index (χ3n) is 6.39. The predicted molar refractivity (Wildman–Crippen MR) is 149 cm³/mol. The number of benzene rings is 4. The van der Waals surface area contributed by atoms with E-state index < -0.39 is 12.1 Å². The molecule has 0 fully saturated rings. The second kappa shape index (κ2) is 13.3. The SMILES string of the molecule is O=C(N[C@H](CO)Cc1ccccc1)c1ccccc1-c1ccccc1C(=O)N[C@H](CO)Cc1ccccc1. The smallest absolute Gasteiger partial charge is 0.252 e. The molecule has 38 heavy (non-hydrogen) atoms. The zero-order valence-electron chi connectivity index (χ0n) is 21.1. The molecule has 0 aliphatic rings. The number of aliphatic hydroxyl groups is 2. The van der Waals surface area contributed by atoms with Gasteiger partial charge in [-0.2, -0.15) is 0 Å². The summed E-state index contributed by atoms with van der Waals surface area (Å²) in [6.45, 7) is -0.405. The van der Waals surface area contributed by atoms with E-state index in [1.807, 2.05) is 72.8 Å². The van der Waals surface area contributed by atoms with Crippen LogP contribution in [0, 0.1) is 0 Å². The van der Waals surface area contributed by atoms with Crippen molar-refractivity contribution >= 4 is 11.8 Å². The van der Waals surface area contributed by atoms with Gasteiger partial charge in [-0.25, -0.2) is 0 Å². The van der Waals surface area contributed by atoms with Crippen LogP contribution in [0.25, 0.3) is 11.1 Å². The van der Waals surface area contributed by atoms with Crippen LogP contribution in [-0.4, -0.2) is 47.3 Å². The Balaban J connectivity index is 1.55. The number of aliphatic hydroxyl groups excluding tert-OH is 2. The monoisotopic (exact) mass is 508 g/mol. The molecule has 0 saturated carbocycles. The Kier molecular flexibility index (Phi) is 9.40. The van der Waals surface area contributed by atoms with Crippen LogP contribution in [0.1, 0.15) is 31.8 Å². The first-order chi connectivity index (χ1) is 18.6. The molecule has 0 unspecified atom stereocenters. The number of amides is 2. The number of hydrogen-bond donors (Lipinski definition) is 4. The van der Waals surface area contributed by atoms with E-state index >= 15 is 0 Å². The molecule has 0 aromatic heterocycles. The van der Waals surface area contributed by atoms with E-state index in [9.17, 15) is 19.8 Å². The average Bonchev–Trinajstić information content (AvgIpc) is 2.97. The van der Waals surface area contributed by atoms with Crippen LogP contribution in [0.4, 0.5) is 0 Å². The minimum Gasteiger partial charge on any atom is -0.394 e. The summed E-state index contributed by atoms with van der Waals surface area (Å²) in [5.41, 5.74) is 4.04. The molecule has 0 bridgehead atoms. The van der Waals surface area contributed by atoms with E-state index in [0.717, 1.165) is 11.1 Å². The van der Waals surface area contributed by atoms with Gasteiger partial charge in [0.25, 0.3) is 11.8 Å². The van der Waals surface area contributed by atoms with Crippen molar-refractivity contribution in [3.05, 3.63) is 131 Å². The summed E-state index contributed by atoms with van der Waals surface area (Å²) in [6, 6.07) is 32.6. The number of carbonyl (C=O) groups is 2. The summed E-state index contributed by atoms with van der Waals surface area (Å²) in [5, 5.41) is 25.7. The van der Waals surface area contributed by atoms with Gasteiger partial charge in [-0.05, 0) is 47.2 Å². The molecular weight excluding hydrogens is 476 g/mol. The molecule has 4 aromatic rings. The van der Waals surface area contributed by atoms with E-state index in [0.29, 0.717) is 35.1 Å². The normalized spacial score (nSPS) is 12.4. The summed E-state index contributed by atoms with van der Waals surface area (Å²) in [6.07, 6.45) is 0.988. The molecule has 0 heterocycles. The highest BCUT2D eigenvalue weighted by Gasteiger charge is 2.21. The molecule has 4 rings (SSSR count). The van der Waals surface area contributed by atoms with Crippen molar-refractivity contribution in [3.63, 3.8) is 0 Å². The first kappa shape index (κ1) is 26.8. The molecule has 0 aliphatic heterocycles. The Bertz CT molecular complexity index is 1240. The van der Waals surface area contributed by atoms with E-state index in [4.69, 9.17) is 0 Å². The molecule has 0 saturated heterocycles. The first-order valence-electron chi connectivity index (χ1n) is 12.7. The Morgan fingerprint density at radius 1 is 0.526 bits per heavy atom. The summed E-state index contributed by atoms with van der Waals surface area (Å²) < 4.78 is 0. The van der Waals surface area contributed by atoms with Gasteiger partial charge >= 0.3 is 0 Å². The van der Waals surface area contributed by atoms with Crippen LogP contribution in [0.15, 0.2) is 109 Å². The van der Waals surface area contributed by atoms with Crippen LogP contribution in [0.2, 0.25) is 0 Å². The second-order valence-electron chi connectivity index (χ2n) is 9.18. The Morgan fingerprint density at radius 2 is 0.868 bits per heavy atom. The minimum atomic E-state index is -0.459. The lowest BCUT2D eigenvalue weighted by Gasteiger charge is -2.20. The lowest BCUT2D eigenvalue weighted by Crippen LogP contribution is -2.40. The fourth-order valence-corrected chi connectivity index (χ4v) is 4.48. The molecule has 6 heteroatoms. The first-order valence-corrected chi connectivity index (χ1v) is 12.7. The van der Waals surface area contributed by atoms with Gasteiger partial charge in [0.15, 0.2) is 0 Å². The zero-order chi connectivity index (χ0) is 26.7. The van der Waals surface area contributed by atoms with Crippen molar-refractivity contribution in [2.75, 3.05) is 13.2 Å². The van der Waals surface area contributed by atoms with E-state index in [2.05, 4.69) is 10.6 Å². The van der Waals surface area contributed by atoms with Crippen LogP contribution in [-0.2, 0) is 12.8 Å². The predicted octanol–water partition coefficient (Wildman–Crippen LogP) is 4.02. The van der Waals surface area contributed by atoms with Crippen LogP contribution >= 0.6 is 0 Å². The topological polar surface area (TPSA) is 98.7 Å². The van der Waals surface area contributed by atoms with Crippen molar-refractivity contribution in [2.24, 2.45) is 0 Å². The number of hydrogen-bond acceptors (Lipinski definition) is 4. The summed E-state index contributed by atoms with van der Waals surface area (Å²) in [4.78, 5) is 26.7. The molecule has 6 nitrogen and oxygen atoms in total. The van der Waals surface area contributed by atoms with Gasteiger partial charge in [0.05, 0.1) is 25.3 Å². The van der Waals surface area contributed by atoms with Crippen molar-refractivity contribution in [1.29, 1.82) is 0 Å². The molecule has 0 spiro atoms. The highest BCUT2D eigenvalue weighted by atomic mass is 16.3. The molecule has 4 N–H and O–H groups in total. The van der Waals surface area contributed by atoms with Crippen molar-refractivity contribution < 1.29 is 19.8 Å². The third-order valence-corrected chi connectivity index (χ3v) is 6.39. The van der Waals surface area contributed by atoms with Gasteiger partial charge in [-0.3, -0.25) is 9.59 Å². The lowest BCUT2D eigenvalue weighted by atomic mass is 9.94. The summed E-state index contributed by atoms with van der Waals surface area (Å²) >= 11 is 0. The molecule has 194 valence electrons.